The molecule has 136 valence electrons. The SMILES string of the molecule is COc1c(CNC2CCN(Cc3ccc(F)cc3)CC2)c(C)nn1C. The first-order valence-corrected chi connectivity index (χ1v) is 8.83. The van der Waals surface area contributed by atoms with Crippen molar-refractivity contribution in [1.29, 1.82) is 0 Å². The number of aromatic nitrogens is 2. The van der Waals surface area contributed by atoms with Gasteiger partial charge in [0.1, 0.15) is 5.82 Å². The number of hydrogen-bond acceptors (Lipinski definition) is 4. The first kappa shape index (κ1) is 17.9. The lowest BCUT2D eigenvalue weighted by atomic mass is 10.0. The summed E-state index contributed by atoms with van der Waals surface area (Å²) in [5, 5.41) is 8.08. The molecule has 0 unspecified atom stereocenters. The Balaban J connectivity index is 1.47. The molecule has 0 aliphatic carbocycles. The van der Waals surface area contributed by atoms with E-state index in [2.05, 4.69) is 15.3 Å². The van der Waals surface area contributed by atoms with Crippen LogP contribution in [-0.4, -0.2) is 40.9 Å². The largest absolute Gasteiger partial charge is 0.481 e. The number of likely N-dealkylation sites (tertiary alicyclic amines) is 1. The molecular weight excluding hydrogens is 319 g/mol. The Hall–Kier alpha value is -1.92. The van der Waals surface area contributed by atoms with Gasteiger partial charge in [0.2, 0.25) is 5.88 Å². The van der Waals surface area contributed by atoms with Crippen LogP contribution < -0.4 is 10.1 Å². The van der Waals surface area contributed by atoms with Crippen LogP contribution in [0.2, 0.25) is 0 Å². The fraction of sp³-hybridized carbons (Fsp3) is 0.526. The third kappa shape index (κ3) is 4.38. The number of aryl methyl sites for hydroxylation is 2. The van der Waals surface area contributed by atoms with E-state index in [1.165, 1.54) is 17.7 Å². The predicted octanol–water partition coefficient (Wildman–Crippen LogP) is 2.63. The molecule has 0 spiro atoms. The Kier molecular flexibility index (Phi) is 5.71. The van der Waals surface area contributed by atoms with E-state index in [0.29, 0.717) is 6.04 Å². The molecule has 0 saturated carbocycles. The highest BCUT2D eigenvalue weighted by Gasteiger charge is 2.20. The van der Waals surface area contributed by atoms with Gasteiger partial charge in [0.15, 0.2) is 0 Å². The number of rotatable bonds is 6. The number of piperidine rings is 1. The van der Waals surface area contributed by atoms with Gasteiger partial charge in [0, 0.05) is 26.2 Å². The Morgan fingerprint density at radius 3 is 2.56 bits per heavy atom. The van der Waals surface area contributed by atoms with E-state index in [0.717, 1.165) is 56.2 Å². The number of nitrogens with zero attached hydrogens (tertiary/aromatic N) is 3. The van der Waals surface area contributed by atoms with Gasteiger partial charge in [-0.1, -0.05) is 12.1 Å². The number of hydrogen-bond donors (Lipinski definition) is 1. The summed E-state index contributed by atoms with van der Waals surface area (Å²) in [5.74, 6) is 0.659. The Labute approximate surface area is 148 Å². The molecule has 2 heterocycles. The van der Waals surface area contributed by atoms with Crippen LogP contribution in [0.1, 0.15) is 29.7 Å². The normalized spacial score (nSPS) is 16.3. The third-order valence-corrected chi connectivity index (χ3v) is 4.96. The third-order valence-electron chi connectivity index (χ3n) is 4.96. The molecule has 2 aromatic rings. The zero-order valence-corrected chi connectivity index (χ0v) is 15.3. The van der Waals surface area contributed by atoms with Gasteiger partial charge in [0.05, 0.1) is 18.4 Å². The van der Waals surface area contributed by atoms with Gasteiger partial charge in [-0.2, -0.15) is 5.10 Å². The highest BCUT2D eigenvalue weighted by atomic mass is 19.1. The molecule has 1 fully saturated rings. The van der Waals surface area contributed by atoms with Gasteiger partial charge >= 0.3 is 0 Å². The summed E-state index contributed by atoms with van der Waals surface area (Å²) < 4.78 is 20.2. The minimum absolute atomic E-state index is 0.173. The smallest absolute Gasteiger partial charge is 0.216 e. The highest BCUT2D eigenvalue weighted by molar-refractivity contribution is 5.30. The predicted molar refractivity (Wildman–Crippen MR) is 96.0 cm³/mol. The van der Waals surface area contributed by atoms with Gasteiger partial charge in [0.25, 0.3) is 0 Å². The van der Waals surface area contributed by atoms with Crippen LogP contribution in [0.3, 0.4) is 0 Å². The van der Waals surface area contributed by atoms with Crippen molar-refractivity contribution in [2.24, 2.45) is 7.05 Å². The molecule has 1 aromatic carbocycles. The standard InChI is InChI=1S/C19H27FN4O/c1-14-18(19(25-3)23(2)22-14)12-21-17-8-10-24(11-9-17)13-15-4-6-16(20)7-5-15/h4-7,17,21H,8-13H2,1-3H3. The van der Waals surface area contributed by atoms with E-state index in [9.17, 15) is 4.39 Å². The van der Waals surface area contributed by atoms with E-state index in [-0.39, 0.29) is 5.82 Å². The molecule has 1 N–H and O–H groups in total. The summed E-state index contributed by atoms with van der Waals surface area (Å²) in [7, 11) is 3.59. The van der Waals surface area contributed by atoms with Crippen molar-refractivity contribution in [3.8, 4) is 5.88 Å². The van der Waals surface area contributed by atoms with Gasteiger partial charge in [-0.05, 0) is 50.6 Å². The van der Waals surface area contributed by atoms with Crippen molar-refractivity contribution in [1.82, 2.24) is 20.0 Å². The van der Waals surface area contributed by atoms with E-state index >= 15 is 0 Å². The molecule has 1 saturated heterocycles. The average Bonchev–Trinajstić information content (AvgIpc) is 2.89. The second-order valence-electron chi connectivity index (χ2n) is 6.75. The monoisotopic (exact) mass is 346 g/mol. The van der Waals surface area contributed by atoms with Crippen LogP contribution in [0, 0.1) is 12.7 Å². The van der Waals surface area contributed by atoms with Crippen LogP contribution >= 0.6 is 0 Å². The average molecular weight is 346 g/mol. The summed E-state index contributed by atoms with van der Waals surface area (Å²) in [4.78, 5) is 2.43. The zero-order valence-electron chi connectivity index (χ0n) is 15.3. The second kappa shape index (κ2) is 7.97. The summed E-state index contributed by atoms with van der Waals surface area (Å²) in [6, 6.07) is 7.32. The first-order chi connectivity index (χ1) is 12.1. The molecule has 5 nitrogen and oxygen atoms in total. The molecule has 1 aliphatic rings. The molecule has 1 aromatic heterocycles. The minimum atomic E-state index is -0.173. The van der Waals surface area contributed by atoms with Crippen LogP contribution in [0.5, 0.6) is 5.88 Å². The fourth-order valence-corrected chi connectivity index (χ4v) is 3.53. The summed E-state index contributed by atoms with van der Waals surface area (Å²) in [6.45, 7) is 5.80. The van der Waals surface area contributed by atoms with Gasteiger partial charge in [-0.25, -0.2) is 9.07 Å². The molecule has 0 atom stereocenters. The van der Waals surface area contributed by atoms with Crippen molar-refractivity contribution in [2.45, 2.75) is 38.9 Å². The quantitative estimate of drug-likeness (QED) is 0.873. The van der Waals surface area contributed by atoms with E-state index < -0.39 is 0 Å². The Morgan fingerprint density at radius 2 is 1.92 bits per heavy atom. The van der Waals surface area contributed by atoms with E-state index in [4.69, 9.17) is 4.74 Å². The zero-order chi connectivity index (χ0) is 17.8. The van der Waals surface area contributed by atoms with E-state index in [1.807, 2.05) is 26.1 Å². The van der Waals surface area contributed by atoms with Crippen molar-refractivity contribution < 1.29 is 9.13 Å². The van der Waals surface area contributed by atoms with Gasteiger partial charge in [-0.15, -0.1) is 0 Å². The minimum Gasteiger partial charge on any atom is -0.481 e. The molecule has 25 heavy (non-hydrogen) atoms. The van der Waals surface area contributed by atoms with Crippen molar-refractivity contribution >= 4 is 0 Å². The molecule has 3 rings (SSSR count). The molecule has 0 radical (unpaired) electrons. The number of nitrogens with one attached hydrogen (secondary N) is 1. The number of methoxy groups -OCH3 is 1. The highest BCUT2D eigenvalue weighted by Crippen LogP contribution is 2.21. The van der Waals surface area contributed by atoms with Crippen LogP contribution in [0.25, 0.3) is 0 Å². The van der Waals surface area contributed by atoms with Crippen molar-refractivity contribution in [2.75, 3.05) is 20.2 Å². The van der Waals surface area contributed by atoms with Crippen LogP contribution in [0.4, 0.5) is 4.39 Å². The first-order valence-electron chi connectivity index (χ1n) is 8.83. The summed E-state index contributed by atoms with van der Waals surface area (Å²) >= 11 is 0. The van der Waals surface area contributed by atoms with Crippen molar-refractivity contribution in [3.05, 3.63) is 46.9 Å². The number of halogens is 1. The maximum Gasteiger partial charge on any atom is 0.216 e. The maximum absolute atomic E-state index is 13.0. The number of benzene rings is 1. The molecule has 1 aliphatic heterocycles. The van der Waals surface area contributed by atoms with Crippen LogP contribution in [-0.2, 0) is 20.1 Å². The van der Waals surface area contributed by atoms with E-state index in [1.54, 1.807) is 11.8 Å². The fourth-order valence-electron chi connectivity index (χ4n) is 3.53. The topological polar surface area (TPSA) is 42.3 Å². The van der Waals surface area contributed by atoms with Gasteiger partial charge < -0.3 is 10.1 Å². The Morgan fingerprint density at radius 1 is 1.24 bits per heavy atom. The van der Waals surface area contributed by atoms with Crippen molar-refractivity contribution in [3.63, 3.8) is 0 Å². The summed E-state index contributed by atoms with van der Waals surface area (Å²) in [5.41, 5.74) is 3.32. The molecule has 6 heteroatoms. The number of ether oxygens (including phenoxy) is 1. The maximum atomic E-state index is 13.0. The van der Waals surface area contributed by atoms with Gasteiger partial charge in [-0.3, -0.25) is 4.90 Å². The molecular formula is C19H27FN4O. The molecule has 0 amide bonds. The Bertz CT molecular complexity index is 690. The summed E-state index contributed by atoms with van der Waals surface area (Å²) in [6.07, 6.45) is 2.23. The lowest BCUT2D eigenvalue weighted by Gasteiger charge is -2.32. The lowest BCUT2D eigenvalue weighted by molar-refractivity contribution is 0.190. The lowest BCUT2D eigenvalue weighted by Crippen LogP contribution is -2.41. The second-order valence-corrected chi connectivity index (χ2v) is 6.75. The molecule has 0 bridgehead atoms. The van der Waals surface area contributed by atoms with Crippen LogP contribution in [0.15, 0.2) is 24.3 Å².